The zero-order chi connectivity index (χ0) is 18.4. The molecule has 27 heavy (non-hydrogen) atoms. The summed E-state index contributed by atoms with van der Waals surface area (Å²) in [5.74, 6) is 0. The Bertz CT molecular complexity index is 1280. The summed E-state index contributed by atoms with van der Waals surface area (Å²) in [6, 6.07) is 19.8. The number of hydrogen-bond acceptors (Lipinski definition) is 3. The topological polar surface area (TPSA) is 79.4 Å². The molecule has 0 saturated heterocycles. The molecule has 5 rings (SSSR count). The summed E-state index contributed by atoms with van der Waals surface area (Å²) in [7, 11) is 0. The summed E-state index contributed by atoms with van der Waals surface area (Å²) in [6.07, 6.45) is 1.68. The van der Waals surface area contributed by atoms with E-state index < -0.39 is 0 Å². The largest absolute Gasteiger partial charge is 0.353 e. The predicted octanol–water partition coefficient (Wildman–Crippen LogP) is 3.88. The van der Waals surface area contributed by atoms with Gasteiger partial charge < -0.3 is 4.98 Å². The zero-order valence-electron chi connectivity index (χ0n) is 14.7. The van der Waals surface area contributed by atoms with Gasteiger partial charge in [0.05, 0.1) is 17.9 Å². The van der Waals surface area contributed by atoms with E-state index >= 15 is 0 Å². The molecule has 0 aliphatic heterocycles. The number of H-pyrrole nitrogens is 2. The third kappa shape index (κ3) is 2.54. The molecule has 0 amide bonds. The van der Waals surface area contributed by atoms with Crippen LogP contribution in [0.25, 0.3) is 33.6 Å². The van der Waals surface area contributed by atoms with Crippen molar-refractivity contribution in [2.24, 2.45) is 0 Å². The monoisotopic (exact) mass is 355 g/mol. The lowest BCUT2D eigenvalue weighted by Gasteiger charge is -2.13. The Kier molecular flexibility index (Phi) is 3.43. The predicted molar refractivity (Wildman–Crippen MR) is 106 cm³/mol. The van der Waals surface area contributed by atoms with Gasteiger partial charge in [0, 0.05) is 10.9 Å². The normalized spacial score (nSPS) is 12.6. The van der Waals surface area contributed by atoms with Crippen LogP contribution < -0.4 is 5.69 Å². The maximum absolute atomic E-state index is 12.6. The first-order valence-electron chi connectivity index (χ1n) is 8.81. The van der Waals surface area contributed by atoms with Gasteiger partial charge in [0.2, 0.25) is 0 Å². The molecule has 0 aliphatic rings. The minimum absolute atomic E-state index is 0.153. The number of hydrogen-bond donors (Lipinski definition) is 2. The molecule has 3 aromatic heterocycles. The van der Waals surface area contributed by atoms with Crippen LogP contribution in [0.4, 0.5) is 0 Å². The second-order valence-corrected chi connectivity index (χ2v) is 6.58. The molecule has 132 valence electrons. The van der Waals surface area contributed by atoms with Gasteiger partial charge in [-0.15, -0.1) is 0 Å². The number of fused-ring (bicyclic) bond motifs is 2. The number of aromatic amines is 2. The Morgan fingerprint density at radius 1 is 1.00 bits per heavy atom. The van der Waals surface area contributed by atoms with Crippen molar-refractivity contribution in [3.63, 3.8) is 0 Å². The number of benzene rings is 2. The fourth-order valence-corrected chi connectivity index (χ4v) is 3.47. The van der Waals surface area contributed by atoms with Gasteiger partial charge in [-0.1, -0.05) is 48.5 Å². The van der Waals surface area contributed by atoms with Gasteiger partial charge in [0.15, 0.2) is 11.3 Å². The molecule has 0 aliphatic carbocycles. The summed E-state index contributed by atoms with van der Waals surface area (Å²) in [5, 5.41) is 1.11. The molecular weight excluding hydrogens is 338 g/mol. The molecule has 0 fully saturated rings. The molecule has 1 unspecified atom stereocenters. The standard InChI is InChI=1S/C21H17N5O/c1-13(14-7-3-2-4-8-14)26-20-19(25-21(26)27)22-12-18(24-20)17-11-15-9-5-6-10-16(15)23-17/h2-13,23H,1H3,(H,22,25,27). The molecule has 5 aromatic rings. The van der Waals surface area contributed by atoms with Crippen LogP contribution in [0.1, 0.15) is 18.5 Å². The summed E-state index contributed by atoms with van der Waals surface area (Å²) in [6.45, 7) is 1.99. The fraction of sp³-hybridized carbons (Fsp3) is 0.0952. The second-order valence-electron chi connectivity index (χ2n) is 6.58. The smallest absolute Gasteiger partial charge is 0.329 e. The Morgan fingerprint density at radius 2 is 1.78 bits per heavy atom. The average Bonchev–Trinajstić information content (AvgIpc) is 3.27. The first-order valence-corrected chi connectivity index (χ1v) is 8.81. The molecule has 3 heterocycles. The van der Waals surface area contributed by atoms with E-state index in [1.54, 1.807) is 10.8 Å². The molecule has 2 aromatic carbocycles. The highest BCUT2D eigenvalue weighted by molar-refractivity contribution is 5.85. The number of nitrogens with zero attached hydrogens (tertiary/aromatic N) is 3. The van der Waals surface area contributed by atoms with E-state index in [9.17, 15) is 4.79 Å². The lowest BCUT2D eigenvalue weighted by molar-refractivity contribution is 0.630. The van der Waals surface area contributed by atoms with Crippen LogP contribution in [0.3, 0.4) is 0 Å². The molecule has 0 bridgehead atoms. The van der Waals surface area contributed by atoms with E-state index in [1.807, 2.05) is 67.6 Å². The molecule has 0 spiro atoms. The minimum atomic E-state index is -0.213. The summed E-state index contributed by atoms with van der Waals surface area (Å²) in [4.78, 5) is 27.9. The van der Waals surface area contributed by atoms with E-state index in [1.165, 1.54) is 0 Å². The lowest BCUT2D eigenvalue weighted by atomic mass is 10.1. The van der Waals surface area contributed by atoms with Crippen molar-refractivity contribution in [1.82, 2.24) is 24.5 Å². The number of para-hydroxylation sites is 1. The second kappa shape index (κ2) is 5.95. The molecule has 6 heteroatoms. The van der Waals surface area contributed by atoms with Crippen LogP contribution in [0, 0.1) is 0 Å². The van der Waals surface area contributed by atoms with E-state index in [0.717, 1.165) is 22.2 Å². The van der Waals surface area contributed by atoms with Gasteiger partial charge in [0.25, 0.3) is 0 Å². The van der Waals surface area contributed by atoms with Crippen LogP contribution >= 0.6 is 0 Å². The fourth-order valence-electron chi connectivity index (χ4n) is 3.47. The molecule has 0 radical (unpaired) electrons. The molecule has 2 N–H and O–H groups in total. The summed E-state index contributed by atoms with van der Waals surface area (Å²) in [5.41, 5.74) is 4.48. The van der Waals surface area contributed by atoms with Crippen LogP contribution in [0.5, 0.6) is 0 Å². The highest BCUT2D eigenvalue weighted by Gasteiger charge is 2.18. The molecule has 0 saturated carbocycles. The van der Waals surface area contributed by atoms with E-state index in [0.29, 0.717) is 17.0 Å². The lowest BCUT2D eigenvalue weighted by Crippen LogP contribution is -2.21. The molecular formula is C21H17N5O. The molecule has 1 atom stereocenters. The summed E-state index contributed by atoms with van der Waals surface area (Å²) >= 11 is 0. The van der Waals surface area contributed by atoms with Gasteiger partial charge in [-0.2, -0.15) is 0 Å². The van der Waals surface area contributed by atoms with Gasteiger partial charge in [0.1, 0.15) is 5.69 Å². The van der Waals surface area contributed by atoms with Crippen LogP contribution in [0.2, 0.25) is 0 Å². The third-order valence-electron chi connectivity index (χ3n) is 4.90. The Hall–Kier alpha value is -3.67. The average molecular weight is 355 g/mol. The number of aromatic nitrogens is 5. The van der Waals surface area contributed by atoms with Crippen molar-refractivity contribution in [2.45, 2.75) is 13.0 Å². The van der Waals surface area contributed by atoms with Gasteiger partial charge in [-0.05, 0) is 24.6 Å². The Morgan fingerprint density at radius 3 is 2.59 bits per heavy atom. The number of imidazole rings is 1. The minimum Gasteiger partial charge on any atom is -0.353 e. The Labute approximate surface area is 154 Å². The van der Waals surface area contributed by atoms with Crippen LogP contribution in [-0.2, 0) is 0 Å². The first kappa shape index (κ1) is 15.6. The van der Waals surface area contributed by atoms with Gasteiger partial charge in [-0.25, -0.2) is 14.8 Å². The zero-order valence-corrected chi connectivity index (χ0v) is 14.7. The maximum Gasteiger partial charge on any atom is 0.329 e. The van der Waals surface area contributed by atoms with Crippen molar-refractivity contribution in [1.29, 1.82) is 0 Å². The van der Waals surface area contributed by atoms with Crippen LogP contribution in [-0.4, -0.2) is 24.5 Å². The van der Waals surface area contributed by atoms with E-state index in [2.05, 4.69) is 15.0 Å². The van der Waals surface area contributed by atoms with Crippen molar-refractivity contribution >= 4 is 22.2 Å². The van der Waals surface area contributed by atoms with Crippen molar-refractivity contribution < 1.29 is 0 Å². The SMILES string of the molecule is CC(c1ccccc1)n1c(=O)[nH]c2ncc(-c3cc4ccccc4[nH]3)nc21. The summed E-state index contributed by atoms with van der Waals surface area (Å²) < 4.78 is 1.66. The van der Waals surface area contributed by atoms with Crippen molar-refractivity contribution in [3.05, 3.63) is 82.9 Å². The van der Waals surface area contributed by atoms with Gasteiger partial charge in [-0.3, -0.25) is 9.55 Å². The quantitative estimate of drug-likeness (QED) is 0.515. The van der Waals surface area contributed by atoms with Crippen LogP contribution in [0.15, 0.2) is 71.7 Å². The van der Waals surface area contributed by atoms with E-state index in [4.69, 9.17) is 4.98 Å². The molecule has 6 nitrogen and oxygen atoms in total. The van der Waals surface area contributed by atoms with E-state index in [-0.39, 0.29) is 11.7 Å². The van der Waals surface area contributed by atoms with Crippen molar-refractivity contribution in [3.8, 4) is 11.4 Å². The van der Waals surface area contributed by atoms with Crippen molar-refractivity contribution in [2.75, 3.05) is 0 Å². The number of nitrogens with one attached hydrogen (secondary N) is 2. The first-order chi connectivity index (χ1) is 13.2. The van der Waals surface area contributed by atoms with Gasteiger partial charge >= 0.3 is 5.69 Å². The highest BCUT2D eigenvalue weighted by Crippen LogP contribution is 2.24. The highest BCUT2D eigenvalue weighted by atomic mass is 16.1. The maximum atomic E-state index is 12.6. The number of rotatable bonds is 3. The Balaban J connectivity index is 1.68. The third-order valence-corrected chi connectivity index (χ3v) is 4.90.